The third kappa shape index (κ3) is 3.43. The molecule has 0 aromatic heterocycles. The Labute approximate surface area is 94.8 Å². The van der Waals surface area contributed by atoms with Crippen LogP contribution in [0.25, 0.3) is 0 Å². The van der Waals surface area contributed by atoms with Crippen molar-refractivity contribution >= 4 is 5.97 Å². The predicted octanol–water partition coefficient (Wildman–Crippen LogP) is 1.76. The summed E-state index contributed by atoms with van der Waals surface area (Å²) in [6.45, 7) is -0.305. The number of nitrogens with two attached hydrogens (primary N) is 1. The molecule has 0 amide bonds. The van der Waals surface area contributed by atoms with E-state index in [4.69, 9.17) is 11.0 Å². The summed E-state index contributed by atoms with van der Waals surface area (Å²) in [6, 6.07) is 3.84. The molecule has 0 bridgehead atoms. The maximum atomic E-state index is 12.3. The average molecular weight is 249 g/mol. The highest BCUT2D eigenvalue weighted by Crippen LogP contribution is 2.30. The van der Waals surface area contributed by atoms with Gasteiger partial charge in [-0.25, -0.2) is 5.90 Å². The lowest BCUT2D eigenvalue weighted by atomic mass is 9.99. The van der Waals surface area contributed by atoms with Crippen molar-refractivity contribution in [3.05, 3.63) is 35.4 Å². The number of halogens is 3. The summed E-state index contributed by atoms with van der Waals surface area (Å²) in [4.78, 5) is 15.0. The highest BCUT2D eigenvalue weighted by Gasteiger charge is 2.30. The van der Waals surface area contributed by atoms with E-state index in [1.165, 1.54) is 0 Å². The van der Waals surface area contributed by atoms with Crippen molar-refractivity contribution in [1.29, 1.82) is 0 Å². The Kier molecular flexibility index (Phi) is 4.08. The topological polar surface area (TPSA) is 72.5 Å². The van der Waals surface area contributed by atoms with Crippen LogP contribution in [0.3, 0.4) is 0 Å². The molecule has 17 heavy (non-hydrogen) atoms. The van der Waals surface area contributed by atoms with Gasteiger partial charge in [-0.05, 0) is 17.7 Å². The number of benzene rings is 1. The van der Waals surface area contributed by atoms with Crippen LogP contribution >= 0.6 is 0 Å². The fourth-order valence-corrected chi connectivity index (χ4v) is 1.31. The Balaban J connectivity index is 2.96. The molecule has 4 nitrogen and oxygen atoms in total. The van der Waals surface area contributed by atoms with Crippen LogP contribution in [0.4, 0.5) is 13.2 Å². The molecule has 1 aromatic rings. The Morgan fingerprint density at radius 2 is 1.88 bits per heavy atom. The van der Waals surface area contributed by atoms with Gasteiger partial charge in [0, 0.05) is 0 Å². The number of hydrogen-bond acceptors (Lipinski definition) is 3. The quantitative estimate of drug-likeness (QED) is 0.797. The summed E-state index contributed by atoms with van der Waals surface area (Å²) in [5.74, 6) is 2.47. The van der Waals surface area contributed by atoms with Gasteiger partial charge in [0.15, 0.2) is 0 Å². The lowest BCUT2D eigenvalue weighted by Gasteiger charge is -2.12. The van der Waals surface area contributed by atoms with Crippen molar-refractivity contribution < 1.29 is 27.9 Å². The van der Waals surface area contributed by atoms with E-state index in [0.29, 0.717) is 0 Å². The zero-order chi connectivity index (χ0) is 13.1. The molecule has 7 heteroatoms. The van der Waals surface area contributed by atoms with E-state index in [0.717, 1.165) is 24.3 Å². The average Bonchev–Trinajstić information content (AvgIpc) is 2.24. The normalized spacial score (nSPS) is 13.4. The van der Waals surface area contributed by atoms with Gasteiger partial charge in [0.1, 0.15) is 5.92 Å². The van der Waals surface area contributed by atoms with Crippen molar-refractivity contribution in [2.24, 2.45) is 5.90 Å². The van der Waals surface area contributed by atoms with Gasteiger partial charge in [-0.15, -0.1) is 0 Å². The smallest absolute Gasteiger partial charge is 0.416 e. The van der Waals surface area contributed by atoms with Crippen LogP contribution in [0.2, 0.25) is 0 Å². The minimum atomic E-state index is -4.44. The summed E-state index contributed by atoms with van der Waals surface area (Å²) < 4.78 is 36.8. The van der Waals surface area contributed by atoms with Crippen LogP contribution in [-0.4, -0.2) is 17.7 Å². The van der Waals surface area contributed by atoms with Crippen molar-refractivity contribution in [2.75, 3.05) is 6.61 Å². The molecule has 0 saturated carbocycles. The highest BCUT2D eigenvalue weighted by atomic mass is 19.4. The minimum Gasteiger partial charge on any atom is -0.481 e. The van der Waals surface area contributed by atoms with E-state index >= 15 is 0 Å². The lowest BCUT2D eigenvalue weighted by Crippen LogP contribution is -2.20. The summed E-state index contributed by atoms with van der Waals surface area (Å²) in [7, 11) is 0. The van der Waals surface area contributed by atoms with Crippen molar-refractivity contribution in [1.82, 2.24) is 0 Å². The minimum absolute atomic E-state index is 0.205. The van der Waals surface area contributed by atoms with Crippen molar-refractivity contribution in [3.8, 4) is 0 Å². The number of carboxylic acids is 1. The van der Waals surface area contributed by atoms with E-state index < -0.39 is 23.6 Å². The second kappa shape index (κ2) is 5.15. The van der Waals surface area contributed by atoms with Gasteiger partial charge in [0.2, 0.25) is 0 Å². The molecule has 0 aliphatic heterocycles. The molecule has 0 saturated heterocycles. The largest absolute Gasteiger partial charge is 0.481 e. The first-order valence-corrected chi connectivity index (χ1v) is 4.58. The van der Waals surface area contributed by atoms with Gasteiger partial charge in [-0.2, -0.15) is 13.2 Å². The van der Waals surface area contributed by atoms with Gasteiger partial charge in [-0.1, -0.05) is 12.1 Å². The number of rotatable bonds is 4. The summed E-state index contributed by atoms with van der Waals surface area (Å²) in [6.07, 6.45) is -4.44. The first-order valence-electron chi connectivity index (χ1n) is 4.58. The summed E-state index contributed by atoms with van der Waals surface area (Å²) >= 11 is 0. The third-order valence-corrected chi connectivity index (χ3v) is 2.20. The molecule has 94 valence electrons. The molecule has 0 radical (unpaired) electrons. The molecule has 1 unspecified atom stereocenters. The summed E-state index contributed by atoms with van der Waals surface area (Å²) in [5, 5.41) is 8.83. The monoisotopic (exact) mass is 249 g/mol. The Hall–Kier alpha value is -1.60. The lowest BCUT2D eigenvalue weighted by molar-refractivity contribution is -0.140. The fourth-order valence-electron chi connectivity index (χ4n) is 1.31. The maximum Gasteiger partial charge on any atom is 0.416 e. The first-order chi connectivity index (χ1) is 7.86. The molecule has 1 aromatic carbocycles. The molecule has 3 N–H and O–H groups in total. The Morgan fingerprint density at radius 1 is 1.35 bits per heavy atom. The molecule has 1 atom stereocenters. The molecule has 0 heterocycles. The van der Waals surface area contributed by atoms with Crippen LogP contribution in [-0.2, 0) is 15.8 Å². The first kappa shape index (κ1) is 13.5. The van der Waals surface area contributed by atoms with Gasteiger partial charge >= 0.3 is 12.1 Å². The highest BCUT2D eigenvalue weighted by molar-refractivity contribution is 5.76. The Morgan fingerprint density at radius 3 is 2.24 bits per heavy atom. The number of hydrogen-bond donors (Lipinski definition) is 2. The molecule has 1 rings (SSSR count). The number of aliphatic carboxylic acids is 1. The number of carboxylic acid groups (broad SMARTS) is 1. The van der Waals surface area contributed by atoms with Crippen LogP contribution < -0.4 is 5.90 Å². The van der Waals surface area contributed by atoms with Crippen LogP contribution in [0.1, 0.15) is 17.0 Å². The summed E-state index contributed by atoms with van der Waals surface area (Å²) in [5.41, 5.74) is -0.630. The van der Waals surface area contributed by atoms with Gasteiger partial charge in [0.25, 0.3) is 0 Å². The molecule has 0 aliphatic rings. The molecule has 0 spiro atoms. The Bertz CT molecular complexity index is 389. The van der Waals surface area contributed by atoms with Crippen LogP contribution in [0.15, 0.2) is 24.3 Å². The molecule has 0 aliphatic carbocycles. The van der Waals surface area contributed by atoms with Gasteiger partial charge in [-0.3, -0.25) is 4.79 Å². The fraction of sp³-hybridized carbons (Fsp3) is 0.300. The zero-order valence-electron chi connectivity index (χ0n) is 8.57. The van der Waals surface area contributed by atoms with Crippen LogP contribution in [0.5, 0.6) is 0 Å². The van der Waals surface area contributed by atoms with E-state index in [1.807, 2.05) is 0 Å². The molecular weight excluding hydrogens is 239 g/mol. The van der Waals surface area contributed by atoms with Crippen LogP contribution in [0, 0.1) is 0 Å². The third-order valence-electron chi connectivity index (χ3n) is 2.20. The predicted molar refractivity (Wildman–Crippen MR) is 52.0 cm³/mol. The maximum absolute atomic E-state index is 12.3. The van der Waals surface area contributed by atoms with E-state index in [9.17, 15) is 18.0 Å². The second-order valence-electron chi connectivity index (χ2n) is 3.34. The standard InChI is InChI=1S/C10H10F3NO3/c11-10(12,13)7-3-1-6(2-4-7)8(5-17-14)9(15)16/h1-4,8H,5,14H2,(H,15,16). The van der Waals surface area contributed by atoms with Crippen molar-refractivity contribution in [2.45, 2.75) is 12.1 Å². The van der Waals surface area contributed by atoms with E-state index in [2.05, 4.69) is 4.84 Å². The second-order valence-corrected chi connectivity index (χ2v) is 3.34. The number of carbonyl (C=O) groups is 1. The van der Waals surface area contributed by atoms with Gasteiger partial charge in [0.05, 0.1) is 12.2 Å². The van der Waals surface area contributed by atoms with E-state index in [-0.39, 0.29) is 12.2 Å². The van der Waals surface area contributed by atoms with E-state index in [1.54, 1.807) is 0 Å². The van der Waals surface area contributed by atoms with Crippen molar-refractivity contribution in [3.63, 3.8) is 0 Å². The van der Waals surface area contributed by atoms with Gasteiger partial charge < -0.3 is 9.94 Å². The molecular formula is C10H10F3NO3. The number of alkyl halides is 3. The SMILES string of the molecule is NOCC(C(=O)O)c1ccc(C(F)(F)F)cc1. The zero-order valence-corrected chi connectivity index (χ0v) is 8.57. The molecule has 0 fully saturated rings.